The Balaban J connectivity index is 0.00000458. The number of hydrogen-bond acceptors (Lipinski definition) is 6. The van der Waals surface area contributed by atoms with Crippen LogP contribution in [0.3, 0.4) is 0 Å². The predicted octanol–water partition coefficient (Wildman–Crippen LogP) is 6.06. The third-order valence-corrected chi connectivity index (χ3v) is 6.11. The number of likely N-dealkylation sites (tertiary alicyclic amines) is 1. The summed E-state index contributed by atoms with van der Waals surface area (Å²) in [7, 11) is 0. The van der Waals surface area contributed by atoms with Gasteiger partial charge >= 0.3 is 6.09 Å². The summed E-state index contributed by atoms with van der Waals surface area (Å²) in [5, 5.41) is 2.70. The maximum Gasteiger partial charge on any atom is 0.408 e. The van der Waals surface area contributed by atoms with Crippen LogP contribution in [0.1, 0.15) is 114 Å². The molecule has 0 bridgehead atoms. The second kappa shape index (κ2) is 16.6. The molecular weight excluding hydrogens is 496 g/mol. The van der Waals surface area contributed by atoms with Crippen molar-refractivity contribution in [1.29, 1.82) is 0 Å². The number of amides is 2. The molecule has 0 aromatic carbocycles. The molecule has 8 nitrogen and oxygen atoms in total. The summed E-state index contributed by atoms with van der Waals surface area (Å²) < 4.78 is 5.35. The number of carbonyl (C=O) groups is 5. The molecule has 1 aliphatic rings. The van der Waals surface area contributed by atoms with E-state index in [4.69, 9.17) is 4.74 Å². The van der Waals surface area contributed by atoms with Crippen LogP contribution < -0.4 is 5.32 Å². The summed E-state index contributed by atoms with van der Waals surface area (Å²) in [5.41, 5.74) is -1.35. The lowest BCUT2D eigenvalue weighted by Crippen LogP contribution is -2.57. The number of alkyl carbamates (subject to hydrolysis) is 1. The van der Waals surface area contributed by atoms with Gasteiger partial charge in [0.2, 0.25) is 11.7 Å². The summed E-state index contributed by atoms with van der Waals surface area (Å²) in [5.74, 6) is -2.15. The summed E-state index contributed by atoms with van der Waals surface area (Å²) in [4.78, 5) is 66.2. The first-order valence-electron chi connectivity index (χ1n) is 14.4. The van der Waals surface area contributed by atoms with Crippen LogP contribution in [0.25, 0.3) is 0 Å². The van der Waals surface area contributed by atoms with E-state index in [1.54, 1.807) is 26.8 Å². The molecule has 8 heteroatoms. The van der Waals surface area contributed by atoms with Gasteiger partial charge in [0, 0.05) is 25.3 Å². The van der Waals surface area contributed by atoms with Crippen molar-refractivity contribution in [2.24, 2.45) is 17.3 Å². The summed E-state index contributed by atoms with van der Waals surface area (Å²) in [6.07, 6.45) is 4.12. The van der Waals surface area contributed by atoms with Crippen molar-refractivity contribution in [3.63, 3.8) is 0 Å². The van der Waals surface area contributed by atoms with Crippen molar-refractivity contribution in [3.05, 3.63) is 12.7 Å². The smallest absolute Gasteiger partial charge is 0.408 e. The average molecular weight is 551 g/mol. The zero-order chi connectivity index (χ0) is 30.6. The lowest BCUT2D eigenvalue weighted by atomic mass is 9.84. The van der Waals surface area contributed by atoms with Crippen molar-refractivity contribution in [2.45, 2.75) is 132 Å². The number of allylic oxidation sites excluding steroid dienone is 1. The maximum atomic E-state index is 13.6. The molecule has 1 saturated heterocycles. The summed E-state index contributed by atoms with van der Waals surface area (Å²) in [6, 6.07) is -1.58. The monoisotopic (exact) mass is 550 g/mol. The largest absolute Gasteiger partial charge is 0.444 e. The van der Waals surface area contributed by atoms with E-state index < -0.39 is 46.7 Å². The van der Waals surface area contributed by atoms with Crippen LogP contribution >= 0.6 is 0 Å². The van der Waals surface area contributed by atoms with E-state index in [1.165, 1.54) is 11.3 Å². The van der Waals surface area contributed by atoms with Crippen molar-refractivity contribution in [1.82, 2.24) is 10.2 Å². The van der Waals surface area contributed by atoms with Gasteiger partial charge in [-0.1, -0.05) is 61.0 Å². The third-order valence-electron chi connectivity index (χ3n) is 6.11. The summed E-state index contributed by atoms with van der Waals surface area (Å²) in [6.45, 7) is 22.9. The molecule has 0 saturated carbocycles. The zero-order valence-corrected chi connectivity index (χ0v) is 26.1. The molecule has 2 amide bonds. The molecule has 0 aromatic rings. The number of nitrogens with one attached hydrogen (secondary N) is 1. The Morgan fingerprint density at radius 3 is 2.08 bits per heavy atom. The van der Waals surface area contributed by atoms with Gasteiger partial charge in [-0.3, -0.25) is 19.2 Å². The number of nitrogens with zero attached hydrogens (tertiary/aromatic N) is 1. The fourth-order valence-electron chi connectivity index (χ4n) is 4.42. The molecule has 1 rings (SSSR count). The Labute approximate surface area is 236 Å². The Bertz CT molecular complexity index is 850. The Hall–Kier alpha value is -2.51. The van der Waals surface area contributed by atoms with Gasteiger partial charge in [-0.25, -0.2) is 4.79 Å². The van der Waals surface area contributed by atoms with Gasteiger partial charge in [0.25, 0.3) is 0 Å². The highest BCUT2D eigenvalue weighted by Gasteiger charge is 2.43. The number of ether oxygens (including phenoxy) is 1. The van der Waals surface area contributed by atoms with E-state index in [1.807, 2.05) is 34.6 Å². The zero-order valence-electron chi connectivity index (χ0n) is 26.1. The van der Waals surface area contributed by atoms with E-state index in [2.05, 4.69) is 25.7 Å². The average Bonchev–Trinajstić information content (AvgIpc) is 3.28. The first-order valence-corrected chi connectivity index (χ1v) is 14.4. The second-order valence-electron chi connectivity index (χ2n) is 13.0. The van der Waals surface area contributed by atoms with Crippen LogP contribution in [0.2, 0.25) is 0 Å². The molecule has 0 radical (unpaired) electrons. The molecular formula is C31H54N2O6. The highest BCUT2D eigenvalue weighted by molar-refractivity contribution is 6.38. The Kier molecular flexibility index (Phi) is 15.5. The summed E-state index contributed by atoms with van der Waals surface area (Å²) >= 11 is 0. The van der Waals surface area contributed by atoms with Crippen molar-refractivity contribution < 1.29 is 28.7 Å². The molecule has 1 fully saturated rings. The lowest BCUT2D eigenvalue weighted by Gasteiger charge is -2.36. The normalized spacial score (nSPS) is 17.0. The van der Waals surface area contributed by atoms with E-state index in [9.17, 15) is 24.0 Å². The van der Waals surface area contributed by atoms with Gasteiger partial charge in [-0.2, -0.15) is 0 Å². The van der Waals surface area contributed by atoms with Crippen LogP contribution in [0.15, 0.2) is 12.7 Å². The SMILES string of the molecule is C=CCCC(=O)C(=O)C(CC(=O)[C@@H]1CCCN1C(=O)[C@@H](NC(=O)OC(C)(C)C)C(C)(C)C)CC(C)C.CCC. The van der Waals surface area contributed by atoms with Crippen LogP contribution in [0.4, 0.5) is 4.79 Å². The van der Waals surface area contributed by atoms with Crippen LogP contribution in [0, 0.1) is 17.3 Å². The van der Waals surface area contributed by atoms with E-state index in [0.717, 1.165) is 0 Å². The molecule has 1 heterocycles. The van der Waals surface area contributed by atoms with Crippen molar-refractivity contribution >= 4 is 29.4 Å². The van der Waals surface area contributed by atoms with Gasteiger partial charge in [-0.05, 0) is 57.8 Å². The number of Topliss-reactive ketones (excluding diaryl/α,β-unsaturated/α-hetero) is 3. The topological polar surface area (TPSA) is 110 Å². The highest BCUT2D eigenvalue weighted by Crippen LogP contribution is 2.29. The first-order chi connectivity index (χ1) is 17.9. The van der Waals surface area contributed by atoms with E-state index in [0.29, 0.717) is 32.2 Å². The fraction of sp³-hybridized carbons (Fsp3) is 0.774. The molecule has 1 aliphatic heterocycles. The molecule has 39 heavy (non-hydrogen) atoms. The van der Waals surface area contributed by atoms with E-state index >= 15 is 0 Å². The number of hydrogen-bond donors (Lipinski definition) is 1. The van der Waals surface area contributed by atoms with Gasteiger partial charge in [0.1, 0.15) is 11.6 Å². The van der Waals surface area contributed by atoms with Gasteiger partial charge in [-0.15, -0.1) is 6.58 Å². The standard InChI is InChI=1S/C28H46N2O6.C3H8/c1-10-11-14-21(31)23(33)19(16-18(2)3)17-22(32)20-13-12-15-30(20)25(34)24(27(4,5)6)29-26(35)36-28(7,8)9;1-3-2/h10,18-20,24H,1,11-17H2,2-9H3,(H,29,35);3H2,1-2H3/t19?,20-,24+;/m0./s1. The molecule has 0 aliphatic carbocycles. The quantitative estimate of drug-likeness (QED) is 0.234. The maximum absolute atomic E-state index is 13.6. The molecule has 1 unspecified atom stereocenters. The number of ketones is 3. The van der Waals surface area contributed by atoms with Crippen molar-refractivity contribution in [3.8, 4) is 0 Å². The number of rotatable bonds is 12. The Morgan fingerprint density at radius 2 is 1.62 bits per heavy atom. The van der Waals surface area contributed by atoms with Crippen LogP contribution in [-0.4, -0.2) is 58.5 Å². The molecule has 3 atom stereocenters. The minimum absolute atomic E-state index is 0.0784. The first kappa shape index (κ1) is 36.5. The number of carbonyl (C=O) groups excluding carboxylic acids is 5. The minimum Gasteiger partial charge on any atom is -0.444 e. The fourth-order valence-corrected chi connectivity index (χ4v) is 4.42. The van der Waals surface area contributed by atoms with Crippen LogP contribution in [-0.2, 0) is 23.9 Å². The second-order valence-corrected chi connectivity index (χ2v) is 13.0. The Morgan fingerprint density at radius 1 is 1.05 bits per heavy atom. The van der Waals surface area contributed by atoms with Gasteiger partial charge in [0.05, 0.1) is 6.04 Å². The molecule has 0 aromatic heterocycles. The third kappa shape index (κ3) is 13.4. The predicted molar refractivity (Wildman–Crippen MR) is 155 cm³/mol. The van der Waals surface area contributed by atoms with Crippen molar-refractivity contribution in [2.75, 3.05) is 6.54 Å². The van der Waals surface area contributed by atoms with Gasteiger partial charge < -0.3 is 15.0 Å². The molecule has 0 spiro atoms. The van der Waals surface area contributed by atoms with Crippen LogP contribution in [0.5, 0.6) is 0 Å². The molecule has 1 N–H and O–H groups in total. The molecule has 224 valence electrons. The van der Waals surface area contributed by atoms with E-state index in [-0.39, 0.29) is 30.4 Å². The highest BCUT2D eigenvalue weighted by atomic mass is 16.6. The minimum atomic E-state index is -0.894. The lowest BCUT2D eigenvalue weighted by molar-refractivity contribution is -0.143. The van der Waals surface area contributed by atoms with Gasteiger partial charge in [0.15, 0.2) is 11.6 Å².